The second kappa shape index (κ2) is 5.83. The summed E-state index contributed by atoms with van der Waals surface area (Å²) in [6.07, 6.45) is 3.56. The smallest absolute Gasteiger partial charge is 0.268 e. The van der Waals surface area contributed by atoms with Crippen LogP contribution in [0.1, 0.15) is 35.8 Å². The molecule has 1 aliphatic carbocycles. The molecular formula is C16H14ClN5O2. The van der Waals surface area contributed by atoms with Crippen molar-refractivity contribution in [2.75, 3.05) is 0 Å². The van der Waals surface area contributed by atoms with Gasteiger partial charge in [-0.1, -0.05) is 16.8 Å². The second-order valence-electron chi connectivity index (χ2n) is 5.88. The van der Waals surface area contributed by atoms with Crippen LogP contribution in [0.25, 0.3) is 11.4 Å². The molecule has 0 aliphatic heterocycles. The quantitative estimate of drug-likeness (QED) is 0.723. The average Bonchev–Trinajstić information content (AvgIpc) is 3.32. The highest BCUT2D eigenvalue weighted by Gasteiger charge is 2.33. The summed E-state index contributed by atoms with van der Waals surface area (Å²) in [5.41, 5.74) is 2.60. The lowest BCUT2D eigenvalue weighted by Gasteiger charge is -2.06. The van der Waals surface area contributed by atoms with E-state index in [2.05, 4.69) is 20.5 Å². The highest BCUT2D eigenvalue weighted by atomic mass is 35.5. The summed E-state index contributed by atoms with van der Waals surface area (Å²) in [7, 11) is 0. The zero-order valence-electron chi connectivity index (χ0n) is 12.9. The molecule has 1 fully saturated rings. The van der Waals surface area contributed by atoms with Crippen molar-refractivity contribution in [2.24, 2.45) is 0 Å². The Hall–Kier alpha value is -2.54. The zero-order chi connectivity index (χ0) is 16.7. The standard InChI is InChI=1S/C16H14ClN5O2/c1-9-2-5-13(20-19-9)15-12(16(24-21-15)10-3-4-10)8-22-14(23)6-11(17)7-18-22/h2,5-7,10H,3-4,8H2,1H3. The van der Waals surface area contributed by atoms with Crippen LogP contribution in [0, 0.1) is 6.92 Å². The average molecular weight is 344 g/mol. The lowest BCUT2D eigenvalue weighted by molar-refractivity contribution is 0.383. The van der Waals surface area contributed by atoms with Crippen molar-refractivity contribution < 1.29 is 4.52 Å². The summed E-state index contributed by atoms with van der Waals surface area (Å²) in [6, 6.07) is 5.05. The maximum Gasteiger partial charge on any atom is 0.268 e. The topological polar surface area (TPSA) is 86.7 Å². The molecule has 8 heteroatoms. The normalized spacial score (nSPS) is 14.1. The molecule has 24 heavy (non-hydrogen) atoms. The van der Waals surface area contributed by atoms with E-state index in [1.807, 2.05) is 19.1 Å². The highest BCUT2D eigenvalue weighted by Crippen LogP contribution is 2.43. The van der Waals surface area contributed by atoms with Crippen LogP contribution in [0.3, 0.4) is 0 Å². The Morgan fingerprint density at radius 1 is 1.33 bits per heavy atom. The van der Waals surface area contributed by atoms with E-state index in [1.165, 1.54) is 16.9 Å². The fraction of sp³-hybridized carbons (Fsp3) is 0.312. The van der Waals surface area contributed by atoms with Gasteiger partial charge in [0.1, 0.15) is 17.1 Å². The van der Waals surface area contributed by atoms with Gasteiger partial charge in [0.05, 0.1) is 23.5 Å². The maximum absolute atomic E-state index is 12.1. The second-order valence-corrected chi connectivity index (χ2v) is 6.31. The lowest BCUT2D eigenvalue weighted by Crippen LogP contribution is -2.22. The molecule has 1 saturated carbocycles. The van der Waals surface area contributed by atoms with E-state index in [9.17, 15) is 4.79 Å². The van der Waals surface area contributed by atoms with Crippen LogP contribution in [-0.2, 0) is 6.54 Å². The van der Waals surface area contributed by atoms with E-state index >= 15 is 0 Å². The van der Waals surface area contributed by atoms with Gasteiger partial charge in [0.2, 0.25) is 0 Å². The van der Waals surface area contributed by atoms with Gasteiger partial charge < -0.3 is 4.52 Å². The van der Waals surface area contributed by atoms with Gasteiger partial charge in [-0.15, -0.1) is 5.10 Å². The molecule has 0 N–H and O–H groups in total. The van der Waals surface area contributed by atoms with Crippen molar-refractivity contribution in [3.05, 3.63) is 56.8 Å². The number of hydrogen-bond acceptors (Lipinski definition) is 6. The summed E-state index contributed by atoms with van der Waals surface area (Å²) >= 11 is 5.81. The number of nitrogens with zero attached hydrogens (tertiary/aromatic N) is 5. The van der Waals surface area contributed by atoms with Gasteiger partial charge in [-0.3, -0.25) is 4.79 Å². The van der Waals surface area contributed by atoms with Crippen LogP contribution < -0.4 is 5.56 Å². The molecule has 0 radical (unpaired) electrons. The van der Waals surface area contributed by atoms with Gasteiger partial charge in [-0.25, -0.2) is 4.68 Å². The third-order valence-electron chi connectivity index (χ3n) is 3.95. The van der Waals surface area contributed by atoms with Crippen molar-refractivity contribution in [3.8, 4) is 11.4 Å². The van der Waals surface area contributed by atoms with Crippen molar-refractivity contribution in [2.45, 2.75) is 32.2 Å². The van der Waals surface area contributed by atoms with Crippen molar-refractivity contribution >= 4 is 11.6 Å². The molecule has 0 aromatic carbocycles. The van der Waals surface area contributed by atoms with Crippen LogP contribution in [0.5, 0.6) is 0 Å². The molecule has 3 aromatic rings. The minimum absolute atomic E-state index is 0.260. The molecule has 0 amide bonds. The van der Waals surface area contributed by atoms with E-state index in [1.54, 1.807) is 0 Å². The first-order valence-corrected chi connectivity index (χ1v) is 8.01. The molecule has 0 spiro atoms. The summed E-state index contributed by atoms with van der Waals surface area (Å²) in [6.45, 7) is 2.13. The monoisotopic (exact) mass is 343 g/mol. The van der Waals surface area contributed by atoms with Gasteiger partial charge in [0.25, 0.3) is 5.56 Å². The molecule has 0 saturated heterocycles. The van der Waals surface area contributed by atoms with E-state index in [0.29, 0.717) is 22.3 Å². The highest BCUT2D eigenvalue weighted by molar-refractivity contribution is 6.30. The van der Waals surface area contributed by atoms with Crippen LogP contribution in [0.2, 0.25) is 5.02 Å². The number of aryl methyl sites for hydroxylation is 1. The van der Waals surface area contributed by atoms with Gasteiger partial charge in [-0.05, 0) is 31.9 Å². The van der Waals surface area contributed by atoms with E-state index in [4.69, 9.17) is 16.1 Å². The SMILES string of the molecule is Cc1ccc(-c2noc(C3CC3)c2Cn2ncc(Cl)cc2=O)nn1. The molecule has 7 nitrogen and oxygen atoms in total. The number of rotatable bonds is 4. The molecule has 1 aliphatic rings. The Kier molecular flexibility index (Phi) is 3.65. The van der Waals surface area contributed by atoms with Crippen molar-refractivity contribution in [1.29, 1.82) is 0 Å². The molecule has 4 rings (SSSR count). The van der Waals surface area contributed by atoms with Crippen LogP contribution in [0.4, 0.5) is 0 Å². The fourth-order valence-electron chi connectivity index (χ4n) is 2.55. The number of halogens is 1. The van der Waals surface area contributed by atoms with Gasteiger partial charge in [0, 0.05) is 17.5 Å². The summed E-state index contributed by atoms with van der Waals surface area (Å²) in [5.74, 6) is 1.15. The van der Waals surface area contributed by atoms with Crippen LogP contribution >= 0.6 is 11.6 Å². The Morgan fingerprint density at radius 3 is 2.83 bits per heavy atom. The molecule has 3 aromatic heterocycles. The third-order valence-corrected chi connectivity index (χ3v) is 4.16. The van der Waals surface area contributed by atoms with E-state index < -0.39 is 0 Å². The largest absolute Gasteiger partial charge is 0.360 e. The maximum atomic E-state index is 12.1. The first kappa shape index (κ1) is 15.0. The minimum Gasteiger partial charge on any atom is -0.360 e. The summed E-state index contributed by atoms with van der Waals surface area (Å²) in [4.78, 5) is 12.1. The fourth-order valence-corrected chi connectivity index (χ4v) is 2.68. The van der Waals surface area contributed by atoms with Crippen molar-refractivity contribution in [3.63, 3.8) is 0 Å². The Labute approximate surface area is 142 Å². The first-order chi connectivity index (χ1) is 11.6. The van der Waals surface area contributed by atoms with Crippen LogP contribution in [-0.4, -0.2) is 25.1 Å². The molecule has 0 unspecified atom stereocenters. The minimum atomic E-state index is -0.272. The predicted molar refractivity (Wildman–Crippen MR) is 86.9 cm³/mol. The number of hydrogen-bond donors (Lipinski definition) is 0. The molecular weight excluding hydrogens is 330 g/mol. The molecule has 0 atom stereocenters. The van der Waals surface area contributed by atoms with E-state index in [-0.39, 0.29) is 12.1 Å². The third kappa shape index (κ3) is 2.82. The predicted octanol–water partition coefficient (Wildman–Crippen LogP) is 2.58. The van der Waals surface area contributed by atoms with E-state index in [0.717, 1.165) is 29.9 Å². The summed E-state index contributed by atoms with van der Waals surface area (Å²) < 4.78 is 6.90. The Balaban J connectivity index is 1.78. The molecule has 3 heterocycles. The van der Waals surface area contributed by atoms with Gasteiger partial charge in [-0.2, -0.15) is 10.2 Å². The zero-order valence-corrected chi connectivity index (χ0v) is 13.7. The Morgan fingerprint density at radius 2 is 2.17 bits per heavy atom. The summed E-state index contributed by atoms with van der Waals surface area (Å²) in [5, 5.41) is 16.8. The van der Waals surface area contributed by atoms with Crippen LogP contribution in [0.15, 0.2) is 33.7 Å². The van der Waals surface area contributed by atoms with Gasteiger partial charge in [0.15, 0.2) is 0 Å². The molecule has 122 valence electrons. The first-order valence-electron chi connectivity index (χ1n) is 7.63. The van der Waals surface area contributed by atoms with Crippen molar-refractivity contribution in [1.82, 2.24) is 25.1 Å². The lowest BCUT2D eigenvalue weighted by atomic mass is 10.1. The Bertz CT molecular complexity index is 944. The molecule has 0 bridgehead atoms. The van der Waals surface area contributed by atoms with Gasteiger partial charge >= 0.3 is 0 Å². The number of aromatic nitrogens is 5.